The lowest BCUT2D eigenvalue weighted by atomic mass is 10.1. The van der Waals surface area contributed by atoms with E-state index < -0.39 is 5.54 Å². The van der Waals surface area contributed by atoms with E-state index in [2.05, 4.69) is 15.3 Å². The number of amides is 1. The number of nitrogens with one attached hydrogen (secondary N) is 1. The fourth-order valence-corrected chi connectivity index (χ4v) is 1.17. The molecule has 0 aromatic carbocycles. The zero-order chi connectivity index (χ0) is 13.6. The lowest BCUT2D eigenvalue weighted by Gasteiger charge is -2.18. The number of hydrogen-bond acceptors (Lipinski definition) is 5. The third-order valence-corrected chi connectivity index (χ3v) is 2.10. The molecular weight excluding hydrogens is 232 g/mol. The van der Waals surface area contributed by atoms with Crippen molar-refractivity contribution >= 4 is 5.91 Å². The van der Waals surface area contributed by atoms with Crippen molar-refractivity contribution in [2.24, 2.45) is 5.73 Å². The molecule has 0 spiro atoms. The number of carbonyl (C=O) groups excluding carboxylic acids is 1. The maximum Gasteiger partial charge on any atom is 0.223 e. The van der Waals surface area contributed by atoms with Crippen LogP contribution in [-0.4, -0.2) is 34.6 Å². The van der Waals surface area contributed by atoms with Crippen LogP contribution in [0.5, 0.6) is 5.88 Å². The van der Waals surface area contributed by atoms with Gasteiger partial charge in [0.25, 0.3) is 0 Å². The first-order chi connectivity index (χ1) is 8.37. The molecule has 1 heterocycles. The molecule has 3 N–H and O–H groups in total. The predicted molar refractivity (Wildman–Crippen MR) is 68.2 cm³/mol. The van der Waals surface area contributed by atoms with Crippen LogP contribution in [-0.2, 0) is 4.79 Å². The molecule has 1 aromatic rings. The second kappa shape index (κ2) is 6.30. The van der Waals surface area contributed by atoms with Crippen LogP contribution in [0, 0.1) is 6.92 Å². The molecule has 1 aromatic heterocycles. The molecule has 0 aliphatic rings. The van der Waals surface area contributed by atoms with E-state index in [0.717, 1.165) is 5.69 Å². The first kappa shape index (κ1) is 14.4. The van der Waals surface area contributed by atoms with E-state index in [-0.39, 0.29) is 18.9 Å². The van der Waals surface area contributed by atoms with Gasteiger partial charge in [0.2, 0.25) is 11.8 Å². The van der Waals surface area contributed by atoms with Gasteiger partial charge in [-0.05, 0) is 20.8 Å². The number of aryl methyl sites for hydroxylation is 1. The predicted octanol–water partition coefficient (Wildman–Crippen LogP) is 0.407. The lowest BCUT2D eigenvalue weighted by molar-refractivity contribution is -0.121. The molecule has 6 heteroatoms. The minimum Gasteiger partial charge on any atom is -0.477 e. The number of hydrogen-bond donors (Lipinski definition) is 2. The average Bonchev–Trinajstić information content (AvgIpc) is 2.25. The highest BCUT2D eigenvalue weighted by Crippen LogP contribution is 2.05. The molecule has 100 valence electrons. The molecule has 6 nitrogen and oxygen atoms in total. The number of carbonyl (C=O) groups is 1. The van der Waals surface area contributed by atoms with Crippen molar-refractivity contribution in [1.29, 1.82) is 0 Å². The minimum atomic E-state index is -0.402. The van der Waals surface area contributed by atoms with Crippen molar-refractivity contribution < 1.29 is 9.53 Å². The van der Waals surface area contributed by atoms with Gasteiger partial charge in [0, 0.05) is 23.8 Å². The molecule has 0 aliphatic carbocycles. The van der Waals surface area contributed by atoms with Gasteiger partial charge in [-0.2, -0.15) is 0 Å². The van der Waals surface area contributed by atoms with Crippen molar-refractivity contribution in [3.05, 3.63) is 18.1 Å². The zero-order valence-electron chi connectivity index (χ0n) is 11.1. The number of nitrogens with zero attached hydrogens (tertiary/aromatic N) is 2. The van der Waals surface area contributed by atoms with Crippen molar-refractivity contribution in [1.82, 2.24) is 15.3 Å². The van der Waals surface area contributed by atoms with Gasteiger partial charge in [-0.1, -0.05) is 0 Å². The summed E-state index contributed by atoms with van der Waals surface area (Å²) in [6, 6.07) is 1.72. The van der Waals surface area contributed by atoms with Gasteiger partial charge in [0.15, 0.2) is 0 Å². The van der Waals surface area contributed by atoms with Gasteiger partial charge >= 0.3 is 0 Å². The molecule has 0 fully saturated rings. The third-order valence-electron chi connectivity index (χ3n) is 2.10. The van der Waals surface area contributed by atoms with Crippen molar-refractivity contribution in [3.8, 4) is 5.88 Å². The Bertz CT molecular complexity index is 401. The van der Waals surface area contributed by atoms with Gasteiger partial charge in [-0.25, -0.2) is 9.97 Å². The number of nitrogens with two attached hydrogens (primary N) is 1. The SMILES string of the molecule is Cc1cc(OCCC(=O)NCC(C)(C)N)ncn1. The molecule has 0 atom stereocenters. The average molecular weight is 252 g/mol. The van der Waals surface area contributed by atoms with Crippen LogP contribution in [0.1, 0.15) is 26.0 Å². The number of ether oxygens (including phenoxy) is 1. The highest BCUT2D eigenvalue weighted by atomic mass is 16.5. The van der Waals surface area contributed by atoms with Crippen LogP contribution < -0.4 is 15.8 Å². The second-order valence-electron chi connectivity index (χ2n) is 4.86. The van der Waals surface area contributed by atoms with Gasteiger partial charge in [0.05, 0.1) is 13.0 Å². The molecule has 0 bridgehead atoms. The Morgan fingerprint density at radius 2 is 2.22 bits per heavy atom. The van der Waals surface area contributed by atoms with E-state index in [1.807, 2.05) is 20.8 Å². The highest BCUT2D eigenvalue weighted by molar-refractivity contribution is 5.76. The summed E-state index contributed by atoms with van der Waals surface area (Å²) >= 11 is 0. The summed E-state index contributed by atoms with van der Waals surface area (Å²) in [6.07, 6.45) is 1.71. The van der Waals surface area contributed by atoms with E-state index in [4.69, 9.17) is 10.5 Å². The second-order valence-corrected chi connectivity index (χ2v) is 4.86. The van der Waals surface area contributed by atoms with Crippen LogP contribution >= 0.6 is 0 Å². The molecule has 0 saturated carbocycles. The zero-order valence-corrected chi connectivity index (χ0v) is 11.1. The first-order valence-corrected chi connectivity index (χ1v) is 5.84. The molecule has 1 amide bonds. The van der Waals surface area contributed by atoms with Gasteiger partial charge < -0.3 is 15.8 Å². The van der Waals surface area contributed by atoms with E-state index in [9.17, 15) is 4.79 Å². The standard InChI is InChI=1S/C12H20N4O2/c1-9-6-11(16-8-15-9)18-5-4-10(17)14-7-12(2,3)13/h6,8H,4-5,7,13H2,1-3H3,(H,14,17). The molecule has 0 saturated heterocycles. The molecular formula is C12H20N4O2. The minimum absolute atomic E-state index is 0.0840. The Hall–Kier alpha value is -1.69. The van der Waals surface area contributed by atoms with Crippen LogP contribution in [0.15, 0.2) is 12.4 Å². The fourth-order valence-electron chi connectivity index (χ4n) is 1.17. The summed E-state index contributed by atoms with van der Waals surface area (Å²) in [5, 5.41) is 2.74. The van der Waals surface area contributed by atoms with Crippen LogP contribution in [0.25, 0.3) is 0 Å². The summed E-state index contributed by atoms with van der Waals surface area (Å²) in [5.74, 6) is 0.397. The Morgan fingerprint density at radius 3 is 2.83 bits per heavy atom. The molecule has 0 unspecified atom stereocenters. The Morgan fingerprint density at radius 1 is 1.50 bits per heavy atom. The van der Waals surface area contributed by atoms with Crippen LogP contribution in [0.2, 0.25) is 0 Å². The smallest absolute Gasteiger partial charge is 0.223 e. The Kier molecular flexibility index (Phi) is 5.03. The Labute approximate surface area is 107 Å². The molecule has 0 radical (unpaired) electrons. The summed E-state index contributed by atoms with van der Waals surface area (Å²) < 4.78 is 5.35. The summed E-state index contributed by atoms with van der Waals surface area (Å²) in [4.78, 5) is 19.4. The van der Waals surface area contributed by atoms with E-state index in [0.29, 0.717) is 12.4 Å². The topological polar surface area (TPSA) is 90.1 Å². The Balaban J connectivity index is 2.23. The third kappa shape index (κ3) is 6.15. The summed E-state index contributed by atoms with van der Waals surface area (Å²) in [6.45, 7) is 6.29. The monoisotopic (exact) mass is 252 g/mol. The molecule has 18 heavy (non-hydrogen) atoms. The lowest BCUT2D eigenvalue weighted by Crippen LogP contribution is -2.45. The van der Waals surface area contributed by atoms with E-state index in [1.165, 1.54) is 6.33 Å². The number of rotatable bonds is 6. The normalized spacial score (nSPS) is 11.1. The maximum absolute atomic E-state index is 11.5. The largest absolute Gasteiger partial charge is 0.477 e. The maximum atomic E-state index is 11.5. The number of aromatic nitrogens is 2. The van der Waals surface area contributed by atoms with Crippen molar-refractivity contribution in [2.75, 3.05) is 13.2 Å². The van der Waals surface area contributed by atoms with E-state index in [1.54, 1.807) is 6.07 Å². The van der Waals surface area contributed by atoms with Gasteiger partial charge in [-0.3, -0.25) is 4.79 Å². The van der Waals surface area contributed by atoms with Crippen molar-refractivity contribution in [3.63, 3.8) is 0 Å². The van der Waals surface area contributed by atoms with Gasteiger partial charge in [-0.15, -0.1) is 0 Å². The van der Waals surface area contributed by atoms with Crippen molar-refractivity contribution in [2.45, 2.75) is 32.7 Å². The summed E-state index contributed by atoms with van der Waals surface area (Å²) in [7, 11) is 0. The van der Waals surface area contributed by atoms with Gasteiger partial charge in [0.1, 0.15) is 6.33 Å². The van der Waals surface area contributed by atoms with E-state index >= 15 is 0 Å². The molecule has 0 aliphatic heterocycles. The molecule has 1 rings (SSSR count). The van der Waals surface area contributed by atoms with Crippen LogP contribution in [0.3, 0.4) is 0 Å². The first-order valence-electron chi connectivity index (χ1n) is 5.84. The van der Waals surface area contributed by atoms with Crippen LogP contribution in [0.4, 0.5) is 0 Å². The fraction of sp³-hybridized carbons (Fsp3) is 0.583. The summed E-state index contributed by atoms with van der Waals surface area (Å²) in [5.41, 5.74) is 6.18. The highest BCUT2D eigenvalue weighted by Gasteiger charge is 2.12. The quantitative estimate of drug-likeness (QED) is 0.765.